The fraction of sp³-hybridized carbons (Fsp3) is 0.353. The predicted octanol–water partition coefficient (Wildman–Crippen LogP) is 1.20. The molecule has 1 atom stereocenters. The van der Waals surface area contributed by atoms with Crippen LogP contribution < -0.4 is 20.7 Å². The van der Waals surface area contributed by atoms with E-state index in [-0.39, 0.29) is 11.9 Å². The summed E-state index contributed by atoms with van der Waals surface area (Å²) >= 11 is 0. The van der Waals surface area contributed by atoms with Crippen LogP contribution in [-0.2, 0) is 11.2 Å². The van der Waals surface area contributed by atoms with Crippen molar-refractivity contribution in [1.29, 1.82) is 0 Å². The smallest absolute Gasteiger partial charge is 0.229 e. The van der Waals surface area contributed by atoms with Crippen LogP contribution >= 0.6 is 0 Å². The lowest BCUT2D eigenvalue weighted by Gasteiger charge is -2.20. The van der Waals surface area contributed by atoms with Gasteiger partial charge in [-0.05, 0) is 18.7 Å². The Morgan fingerprint density at radius 2 is 2.21 bits per heavy atom. The Hall–Kier alpha value is -2.67. The van der Waals surface area contributed by atoms with Gasteiger partial charge in [0.15, 0.2) is 0 Å². The molecule has 1 saturated heterocycles. The van der Waals surface area contributed by atoms with Crippen LogP contribution in [0.4, 0.5) is 11.5 Å². The number of hydrogen-bond donors (Lipinski definition) is 2. The molecule has 0 aliphatic carbocycles. The Morgan fingerprint density at radius 3 is 3.00 bits per heavy atom. The van der Waals surface area contributed by atoms with Gasteiger partial charge in [0.05, 0.1) is 18.8 Å². The van der Waals surface area contributed by atoms with E-state index in [4.69, 9.17) is 10.5 Å². The van der Waals surface area contributed by atoms with Crippen molar-refractivity contribution in [1.82, 2.24) is 9.97 Å². The standard InChI is InChI=1S/C17H21N5O2/c1-24-15-5-3-2-4-14(15)22-10-13(9-17(22)23)21-16-8-12(6-7-18)19-11-20-16/h2-5,8,11,13H,6-7,9-10,18H2,1H3,(H,19,20,21)/t13-/m1/s1. The first-order chi connectivity index (χ1) is 11.7. The van der Waals surface area contributed by atoms with E-state index in [0.29, 0.717) is 37.5 Å². The Kier molecular flexibility index (Phi) is 4.90. The molecule has 1 fully saturated rings. The molecule has 1 aromatic heterocycles. The molecule has 24 heavy (non-hydrogen) atoms. The maximum Gasteiger partial charge on any atom is 0.229 e. The minimum atomic E-state index is -0.0111. The topological polar surface area (TPSA) is 93.4 Å². The monoisotopic (exact) mass is 327 g/mol. The summed E-state index contributed by atoms with van der Waals surface area (Å²) in [4.78, 5) is 22.5. The summed E-state index contributed by atoms with van der Waals surface area (Å²) in [5.74, 6) is 1.47. The third-order valence-corrected chi connectivity index (χ3v) is 3.98. The van der Waals surface area contributed by atoms with Crippen LogP contribution in [-0.4, -0.2) is 42.1 Å². The normalized spacial score (nSPS) is 17.2. The molecule has 0 spiro atoms. The van der Waals surface area contributed by atoms with Gasteiger partial charge in [0.25, 0.3) is 0 Å². The molecule has 7 nitrogen and oxygen atoms in total. The van der Waals surface area contributed by atoms with Crippen LogP contribution in [0.1, 0.15) is 12.1 Å². The summed E-state index contributed by atoms with van der Waals surface area (Å²) in [5.41, 5.74) is 7.24. The Balaban J connectivity index is 1.72. The molecule has 3 rings (SSSR count). The number of para-hydroxylation sites is 2. The van der Waals surface area contributed by atoms with E-state index in [9.17, 15) is 4.79 Å². The number of nitrogens with one attached hydrogen (secondary N) is 1. The Morgan fingerprint density at radius 1 is 1.38 bits per heavy atom. The van der Waals surface area contributed by atoms with Crippen LogP contribution in [0.5, 0.6) is 5.75 Å². The van der Waals surface area contributed by atoms with Crippen molar-refractivity contribution >= 4 is 17.4 Å². The van der Waals surface area contributed by atoms with E-state index in [1.807, 2.05) is 30.3 Å². The van der Waals surface area contributed by atoms with Gasteiger partial charge in [-0.2, -0.15) is 0 Å². The lowest BCUT2D eigenvalue weighted by Crippen LogP contribution is -2.28. The van der Waals surface area contributed by atoms with Gasteiger partial charge in [-0.1, -0.05) is 12.1 Å². The number of carbonyl (C=O) groups is 1. The molecule has 1 aromatic carbocycles. The molecule has 7 heteroatoms. The highest BCUT2D eigenvalue weighted by Crippen LogP contribution is 2.31. The van der Waals surface area contributed by atoms with Crippen molar-refractivity contribution in [2.45, 2.75) is 18.9 Å². The number of nitrogens with two attached hydrogens (primary N) is 1. The van der Waals surface area contributed by atoms with Crippen LogP contribution in [0.2, 0.25) is 0 Å². The van der Waals surface area contributed by atoms with Crippen molar-refractivity contribution in [2.75, 3.05) is 30.4 Å². The van der Waals surface area contributed by atoms with Crippen molar-refractivity contribution < 1.29 is 9.53 Å². The van der Waals surface area contributed by atoms with E-state index >= 15 is 0 Å². The third-order valence-electron chi connectivity index (χ3n) is 3.98. The number of ether oxygens (including phenoxy) is 1. The van der Waals surface area contributed by atoms with Crippen LogP contribution in [0, 0.1) is 0 Å². The molecular weight excluding hydrogens is 306 g/mol. The maximum atomic E-state index is 12.4. The molecule has 126 valence electrons. The number of rotatable bonds is 6. The lowest BCUT2D eigenvalue weighted by atomic mass is 10.2. The SMILES string of the molecule is COc1ccccc1N1C[C@H](Nc2cc(CCN)ncn2)CC1=O. The molecule has 0 bridgehead atoms. The number of aromatic nitrogens is 2. The van der Waals surface area contributed by atoms with Crippen molar-refractivity contribution in [3.8, 4) is 5.75 Å². The van der Waals surface area contributed by atoms with E-state index in [1.54, 1.807) is 12.0 Å². The maximum absolute atomic E-state index is 12.4. The average molecular weight is 327 g/mol. The summed E-state index contributed by atoms with van der Waals surface area (Å²) in [6, 6.07) is 9.40. The molecule has 1 aliphatic heterocycles. The first kappa shape index (κ1) is 16.2. The van der Waals surface area contributed by atoms with Crippen molar-refractivity contribution in [3.63, 3.8) is 0 Å². The van der Waals surface area contributed by atoms with Gasteiger partial charge >= 0.3 is 0 Å². The molecule has 2 heterocycles. The minimum Gasteiger partial charge on any atom is -0.495 e. The molecule has 1 aliphatic rings. The first-order valence-corrected chi connectivity index (χ1v) is 7.92. The van der Waals surface area contributed by atoms with Gasteiger partial charge in [0.2, 0.25) is 5.91 Å². The largest absolute Gasteiger partial charge is 0.495 e. The highest BCUT2D eigenvalue weighted by atomic mass is 16.5. The zero-order chi connectivity index (χ0) is 16.9. The molecule has 0 unspecified atom stereocenters. The zero-order valence-corrected chi connectivity index (χ0v) is 13.6. The number of amides is 1. The van der Waals surface area contributed by atoms with Crippen LogP contribution in [0.25, 0.3) is 0 Å². The zero-order valence-electron chi connectivity index (χ0n) is 13.6. The van der Waals surface area contributed by atoms with Gasteiger partial charge in [0, 0.05) is 31.1 Å². The molecule has 3 N–H and O–H groups in total. The second-order valence-electron chi connectivity index (χ2n) is 5.65. The fourth-order valence-electron chi connectivity index (χ4n) is 2.86. The summed E-state index contributed by atoms with van der Waals surface area (Å²) in [6.07, 6.45) is 2.63. The highest BCUT2D eigenvalue weighted by Gasteiger charge is 2.32. The average Bonchev–Trinajstić information content (AvgIpc) is 2.95. The van der Waals surface area contributed by atoms with Crippen molar-refractivity contribution in [3.05, 3.63) is 42.4 Å². The van der Waals surface area contributed by atoms with Gasteiger partial charge in [-0.3, -0.25) is 4.79 Å². The summed E-state index contributed by atoms with van der Waals surface area (Å²) in [5, 5.41) is 3.31. The molecule has 2 aromatic rings. The number of anilines is 2. The van der Waals surface area contributed by atoms with Crippen LogP contribution in [0.15, 0.2) is 36.7 Å². The number of nitrogens with zero attached hydrogens (tertiary/aromatic N) is 3. The second kappa shape index (κ2) is 7.27. The Bertz CT molecular complexity index is 722. The summed E-state index contributed by atoms with van der Waals surface area (Å²) < 4.78 is 5.36. The predicted molar refractivity (Wildman–Crippen MR) is 92.2 cm³/mol. The van der Waals surface area contributed by atoms with E-state index in [2.05, 4.69) is 15.3 Å². The quantitative estimate of drug-likeness (QED) is 0.828. The first-order valence-electron chi connectivity index (χ1n) is 7.92. The van der Waals surface area contributed by atoms with Crippen molar-refractivity contribution in [2.24, 2.45) is 5.73 Å². The van der Waals surface area contributed by atoms with Crippen LogP contribution in [0.3, 0.4) is 0 Å². The molecule has 0 radical (unpaired) electrons. The number of benzene rings is 1. The van der Waals surface area contributed by atoms with Gasteiger partial charge in [0.1, 0.15) is 17.9 Å². The Labute approximate surface area is 140 Å². The third kappa shape index (κ3) is 3.46. The fourth-order valence-corrected chi connectivity index (χ4v) is 2.86. The lowest BCUT2D eigenvalue weighted by molar-refractivity contribution is -0.117. The number of carbonyl (C=O) groups excluding carboxylic acids is 1. The minimum absolute atomic E-state index is 0.0111. The molecule has 0 saturated carbocycles. The van der Waals surface area contributed by atoms with E-state index < -0.39 is 0 Å². The van der Waals surface area contributed by atoms with Gasteiger partial charge in [-0.15, -0.1) is 0 Å². The van der Waals surface area contributed by atoms with E-state index in [0.717, 1.165) is 11.4 Å². The highest BCUT2D eigenvalue weighted by molar-refractivity contribution is 5.98. The molecule has 1 amide bonds. The molecular formula is C17H21N5O2. The van der Waals surface area contributed by atoms with E-state index in [1.165, 1.54) is 6.33 Å². The summed E-state index contributed by atoms with van der Waals surface area (Å²) in [6.45, 7) is 1.11. The number of methoxy groups -OCH3 is 1. The summed E-state index contributed by atoms with van der Waals surface area (Å²) in [7, 11) is 1.61. The second-order valence-corrected chi connectivity index (χ2v) is 5.65. The number of hydrogen-bond acceptors (Lipinski definition) is 6. The van der Waals surface area contributed by atoms with Gasteiger partial charge in [-0.25, -0.2) is 9.97 Å². The van der Waals surface area contributed by atoms with Gasteiger partial charge < -0.3 is 20.7 Å².